The Hall–Kier alpha value is -0.120. The topological polar surface area (TPSA) is 52.5 Å². The van der Waals surface area contributed by atoms with Crippen molar-refractivity contribution in [3.8, 4) is 0 Å². The second kappa shape index (κ2) is 6.46. The molecule has 1 rings (SSSR count). The van der Waals surface area contributed by atoms with Crippen molar-refractivity contribution in [2.75, 3.05) is 13.2 Å². The average Bonchev–Trinajstić information content (AvgIpc) is 2.14. The number of nitrogens with one attached hydrogen (secondary N) is 1. The molecule has 3 heteroatoms. The largest absolute Gasteiger partial charge is 0.395 e. The highest BCUT2D eigenvalue weighted by atomic mass is 16.3. The molecule has 3 nitrogen and oxygen atoms in total. The van der Waals surface area contributed by atoms with Crippen LogP contribution in [0.1, 0.15) is 39.5 Å². The molecule has 15 heavy (non-hydrogen) atoms. The van der Waals surface area contributed by atoms with Crippen LogP contribution in [0.3, 0.4) is 0 Å². The SMILES string of the molecule is CC1CC(CCCN[C@@H](CO)[C@H](C)O)C1. The van der Waals surface area contributed by atoms with Crippen molar-refractivity contribution >= 4 is 0 Å². The Morgan fingerprint density at radius 1 is 1.40 bits per heavy atom. The molecule has 1 aliphatic rings. The fourth-order valence-corrected chi connectivity index (χ4v) is 2.37. The molecule has 0 aliphatic heterocycles. The van der Waals surface area contributed by atoms with Gasteiger partial charge in [-0.2, -0.15) is 0 Å². The summed E-state index contributed by atoms with van der Waals surface area (Å²) in [5.74, 6) is 1.87. The lowest BCUT2D eigenvalue weighted by atomic mass is 9.74. The Bertz CT molecular complexity index is 167. The van der Waals surface area contributed by atoms with Crippen LogP contribution >= 0.6 is 0 Å². The Morgan fingerprint density at radius 2 is 2.07 bits per heavy atom. The molecule has 0 heterocycles. The first-order chi connectivity index (χ1) is 7.13. The highest BCUT2D eigenvalue weighted by molar-refractivity contribution is 4.77. The zero-order valence-electron chi connectivity index (χ0n) is 9.95. The van der Waals surface area contributed by atoms with E-state index in [1.165, 1.54) is 19.3 Å². The second-order valence-electron chi connectivity index (χ2n) is 5.07. The van der Waals surface area contributed by atoms with Gasteiger partial charge >= 0.3 is 0 Å². The summed E-state index contributed by atoms with van der Waals surface area (Å²) >= 11 is 0. The second-order valence-corrected chi connectivity index (χ2v) is 5.07. The minimum absolute atomic E-state index is 0.0120. The van der Waals surface area contributed by atoms with Crippen LogP contribution in [0.5, 0.6) is 0 Å². The minimum Gasteiger partial charge on any atom is -0.395 e. The molecule has 1 saturated carbocycles. The zero-order chi connectivity index (χ0) is 11.3. The molecule has 0 spiro atoms. The van der Waals surface area contributed by atoms with Gasteiger partial charge in [-0.1, -0.05) is 6.92 Å². The quantitative estimate of drug-likeness (QED) is 0.558. The van der Waals surface area contributed by atoms with Crippen molar-refractivity contribution in [3.63, 3.8) is 0 Å². The van der Waals surface area contributed by atoms with E-state index in [1.54, 1.807) is 6.92 Å². The summed E-state index contributed by atoms with van der Waals surface area (Å²) in [6, 6.07) is -0.162. The van der Waals surface area contributed by atoms with Crippen molar-refractivity contribution < 1.29 is 10.2 Å². The van der Waals surface area contributed by atoms with Gasteiger partial charge < -0.3 is 15.5 Å². The standard InChI is InChI=1S/C12H25NO2/c1-9-6-11(7-9)4-3-5-13-12(8-14)10(2)15/h9-15H,3-8H2,1-2H3/t9?,10-,11?,12-/m0/s1. The van der Waals surface area contributed by atoms with Gasteiger partial charge in [-0.25, -0.2) is 0 Å². The molecule has 0 unspecified atom stereocenters. The molecular formula is C12H25NO2. The summed E-state index contributed by atoms with van der Waals surface area (Å²) in [7, 11) is 0. The van der Waals surface area contributed by atoms with E-state index in [0.29, 0.717) is 0 Å². The number of aliphatic hydroxyl groups excluding tert-OH is 2. The molecule has 90 valence electrons. The third-order valence-electron chi connectivity index (χ3n) is 3.45. The van der Waals surface area contributed by atoms with E-state index in [2.05, 4.69) is 12.2 Å². The first kappa shape index (κ1) is 12.9. The lowest BCUT2D eigenvalue weighted by molar-refractivity contribution is 0.103. The van der Waals surface area contributed by atoms with Crippen molar-refractivity contribution in [3.05, 3.63) is 0 Å². The van der Waals surface area contributed by atoms with Gasteiger partial charge in [0.1, 0.15) is 0 Å². The highest BCUT2D eigenvalue weighted by Crippen LogP contribution is 2.35. The van der Waals surface area contributed by atoms with E-state index in [-0.39, 0.29) is 12.6 Å². The van der Waals surface area contributed by atoms with Crippen LogP contribution in [0, 0.1) is 11.8 Å². The Labute approximate surface area is 92.9 Å². The molecular weight excluding hydrogens is 190 g/mol. The molecule has 1 fully saturated rings. The Kier molecular flexibility index (Phi) is 5.58. The van der Waals surface area contributed by atoms with Crippen molar-refractivity contribution in [1.29, 1.82) is 0 Å². The first-order valence-electron chi connectivity index (χ1n) is 6.15. The smallest absolute Gasteiger partial charge is 0.0687 e. The normalized spacial score (nSPS) is 29.6. The van der Waals surface area contributed by atoms with Crippen LogP contribution in [0.2, 0.25) is 0 Å². The van der Waals surface area contributed by atoms with Crippen molar-refractivity contribution in [2.24, 2.45) is 11.8 Å². The van der Waals surface area contributed by atoms with Gasteiger partial charge in [0.15, 0.2) is 0 Å². The van der Waals surface area contributed by atoms with Gasteiger partial charge in [-0.3, -0.25) is 0 Å². The monoisotopic (exact) mass is 215 g/mol. The van der Waals surface area contributed by atoms with Crippen LogP contribution in [-0.4, -0.2) is 35.5 Å². The van der Waals surface area contributed by atoms with E-state index in [1.807, 2.05) is 0 Å². The predicted octanol–water partition coefficient (Wildman–Crippen LogP) is 1.14. The molecule has 1 aliphatic carbocycles. The predicted molar refractivity (Wildman–Crippen MR) is 61.7 cm³/mol. The minimum atomic E-state index is -0.473. The molecule has 0 saturated heterocycles. The molecule has 3 N–H and O–H groups in total. The summed E-state index contributed by atoms with van der Waals surface area (Å²) in [5.41, 5.74) is 0. The van der Waals surface area contributed by atoms with Crippen LogP contribution in [0.25, 0.3) is 0 Å². The summed E-state index contributed by atoms with van der Waals surface area (Å²) in [4.78, 5) is 0. The summed E-state index contributed by atoms with van der Waals surface area (Å²) in [6.07, 6.45) is 4.74. The van der Waals surface area contributed by atoms with Gasteiger partial charge in [-0.15, -0.1) is 0 Å². The fourth-order valence-electron chi connectivity index (χ4n) is 2.37. The molecule has 0 aromatic rings. The van der Waals surface area contributed by atoms with E-state index in [9.17, 15) is 5.11 Å². The lowest BCUT2D eigenvalue weighted by Gasteiger charge is -2.32. The van der Waals surface area contributed by atoms with E-state index < -0.39 is 6.10 Å². The maximum atomic E-state index is 9.29. The maximum absolute atomic E-state index is 9.29. The van der Waals surface area contributed by atoms with Gasteiger partial charge in [0, 0.05) is 0 Å². The van der Waals surface area contributed by atoms with Gasteiger partial charge in [-0.05, 0) is 51.0 Å². The van der Waals surface area contributed by atoms with Crippen LogP contribution in [-0.2, 0) is 0 Å². The number of hydrogen-bond donors (Lipinski definition) is 3. The van der Waals surface area contributed by atoms with Gasteiger partial charge in [0.25, 0.3) is 0 Å². The lowest BCUT2D eigenvalue weighted by Crippen LogP contribution is -2.41. The number of hydrogen-bond acceptors (Lipinski definition) is 3. The van der Waals surface area contributed by atoms with Gasteiger partial charge in [0.2, 0.25) is 0 Å². The van der Waals surface area contributed by atoms with Crippen LogP contribution in [0.4, 0.5) is 0 Å². The van der Waals surface area contributed by atoms with E-state index in [0.717, 1.165) is 24.8 Å². The summed E-state index contributed by atoms with van der Waals surface area (Å²) in [5, 5.41) is 21.4. The van der Waals surface area contributed by atoms with E-state index in [4.69, 9.17) is 5.11 Å². The Morgan fingerprint density at radius 3 is 2.53 bits per heavy atom. The van der Waals surface area contributed by atoms with Crippen molar-refractivity contribution in [2.45, 2.75) is 51.7 Å². The fraction of sp³-hybridized carbons (Fsp3) is 1.00. The number of rotatable bonds is 7. The molecule has 2 atom stereocenters. The van der Waals surface area contributed by atoms with Crippen LogP contribution < -0.4 is 5.32 Å². The molecule has 0 aromatic carbocycles. The average molecular weight is 215 g/mol. The van der Waals surface area contributed by atoms with E-state index >= 15 is 0 Å². The molecule has 0 aromatic heterocycles. The van der Waals surface area contributed by atoms with Gasteiger partial charge in [0.05, 0.1) is 18.8 Å². The summed E-state index contributed by atoms with van der Waals surface area (Å²) < 4.78 is 0. The van der Waals surface area contributed by atoms with Crippen LogP contribution in [0.15, 0.2) is 0 Å². The third-order valence-corrected chi connectivity index (χ3v) is 3.45. The first-order valence-corrected chi connectivity index (χ1v) is 6.15. The highest BCUT2D eigenvalue weighted by Gasteiger charge is 2.24. The number of aliphatic hydroxyl groups is 2. The molecule has 0 bridgehead atoms. The maximum Gasteiger partial charge on any atom is 0.0687 e. The third kappa shape index (κ3) is 4.49. The van der Waals surface area contributed by atoms with Crippen molar-refractivity contribution in [1.82, 2.24) is 5.32 Å². The summed E-state index contributed by atoms with van der Waals surface area (Å²) in [6.45, 7) is 4.94. The molecule has 0 radical (unpaired) electrons. The molecule has 0 amide bonds. The Balaban J connectivity index is 1.96. The zero-order valence-corrected chi connectivity index (χ0v) is 9.95.